The van der Waals surface area contributed by atoms with Gasteiger partial charge < -0.3 is 25.2 Å². The van der Waals surface area contributed by atoms with Crippen molar-refractivity contribution in [1.29, 1.82) is 0 Å². The molecule has 1 heterocycles. The van der Waals surface area contributed by atoms with Gasteiger partial charge in [0.2, 0.25) is 0 Å². The Bertz CT molecular complexity index is 921. The standard InChI is InChI=1S/C18H18N2O6S2/c1-9-12(16(23)25-2)14(28-13(9)17(24)26-3)20-18(27)19-8-10-4-6-11(7-5-10)15(21)22/h4-7H,8H2,1-3H3,(H,21,22)(H2,19,20,27). The summed E-state index contributed by atoms with van der Waals surface area (Å²) < 4.78 is 9.53. The molecule has 0 saturated carbocycles. The molecular formula is C18H18N2O6S2. The monoisotopic (exact) mass is 422 g/mol. The van der Waals surface area contributed by atoms with Crippen molar-refractivity contribution in [3.63, 3.8) is 0 Å². The van der Waals surface area contributed by atoms with Crippen molar-refractivity contribution < 1.29 is 29.0 Å². The van der Waals surface area contributed by atoms with Gasteiger partial charge in [-0.15, -0.1) is 11.3 Å². The number of aromatic carboxylic acids is 1. The zero-order valence-corrected chi connectivity index (χ0v) is 17.0. The van der Waals surface area contributed by atoms with Crippen molar-refractivity contribution in [3.05, 3.63) is 51.4 Å². The van der Waals surface area contributed by atoms with Crippen LogP contribution in [-0.4, -0.2) is 42.3 Å². The van der Waals surface area contributed by atoms with Crippen molar-refractivity contribution in [3.8, 4) is 0 Å². The van der Waals surface area contributed by atoms with Gasteiger partial charge in [0, 0.05) is 6.54 Å². The Kier molecular flexibility index (Phi) is 7.07. The Morgan fingerprint density at radius 3 is 2.25 bits per heavy atom. The maximum absolute atomic E-state index is 12.1. The topological polar surface area (TPSA) is 114 Å². The van der Waals surface area contributed by atoms with Crippen LogP contribution in [0.15, 0.2) is 24.3 Å². The lowest BCUT2D eigenvalue weighted by atomic mass is 10.1. The van der Waals surface area contributed by atoms with Gasteiger partial charge in [-0.3, -0.25) is 0 Å². The molecule has 28 heavy (non-hydrogen) atoms. The highest BCUT2D eigenvalue weighted by Gasteiger charge is 2.26. The number of hydrogen-bond donors (Lipinski definition) is 3. The molecule has 10 heteroatoms. The van der Waals surface area contributed by atoms with E-state index in [1.165, 1.54) is 26.4 Å². The molecule has 0 aliphatic heterocycles. The summed E-state index contributed by atoms with van der Waals surface area (Å²) in [5.74, 6) is -2.15. The molecule has 1 aromatic carbocycles. The van der Waals surface area contributed by atoms with Gasteiger partial charge in [-0.05, 0) is 42.4 Å². The number of carboxylic acids is 1. The minimum Gasteiger partial charge on any atom is -0.478 e. The third-order valence-electron chi connectivity index (χ3n) is 3.79. The molecule has 0 unspecified atom stereocenters. The fraction of sp³-hybridized carbons (Fsp3) is 0.222. The van der Waals surface area contributed by atoms with Crippen molar-refractivity contribution in [2.45, 2.75) is 13.5 Å². The number of hydrogen-bond acceptors (Lipinski definition) is 7. The van der Waals surface area contributed by atoms with Crippen LogP contribution in [0.1, 0.15) is 41.5 Å². The number of nitrogens with one attached hydrogen (secondary N) is 2. The molecule has 0 bridgehead atoms. The van der Waals surface area contributed by atoms with E-state index in [9.17, 15) is 14.4 Å². The summed E-state index contributed by atoms with van der Waals surface area (Å²) in [5.41, 5.74) is 1.66. The molecule has 0 amide bonds. The summed E-state index contributed by atoms with van der Waals surface area (Å²) in [6.45, 7) is 1.97. The maximum atomic E-state index is 12.1. The van der Waals surface area contributed by atoms with E-state index < -0.39 is 17.9 Å². The largest absolute Gasteiger partial charge is 0.478 e. The van der Waals surface area contributed by atoms with Crippen LogP contribution in [0, 0.1) is 6.92 Å². The highest BCUT2D eigenvalue weighted by atomic mass is 32.1. The fourth-order valence-corrected chi connectivity index (χ4v) is 3.69. The van der Waals surface area contributed by atoms with E-state index in [2.05, 4.69) is 10.6 Å². The summed E-state index contributed by atoms with van der Waals surface area (Å²) in [6, 6.07) is 6.33. The molecule has 0 atom stereocenters. The quantitative estimate of drug-likeness (QED) is 0.477. The summed E-state index contributed by atoms with van der Waals surface area (Å²) in [6.07, 6.45) is 0. The smallest absolute Gasteiger partial charge is 0.348 e. The molecule has 0 saturated heterocycles. The number of thiocarbonyl (C=S) groups is 1. The van der Waals surface area contributed by atoms with E-state index in [1.807, 2.05) is 0 Å². The van der Waals surface area contributed by atoms with Crippen molar-refractivity contribution in [1.82, 2.24) is 5.32 Å². The minimum absolute atomic E-state index is 0.191. The Labute approximate surface area is 170 Å². The van der Waals surface area contributed by atoms with Gasteiger partial charge in [-0.1, -0.05) is 12.1 Å². The SMILES string of the molecule is COC(=O)c1sc(NC(=S)NCc2ccc(C(=O)O)cc2)c(C(=O)OC)c1C. The molecule has 2 aromatic rings. The highest BCUT2D eigenvalue weighted by Crippen LogP contribution is 2.34. The molecule has 2 rings (SSSR count). The number of ether oxygens (including phenoxy) is 2. The molecular weight excluding hydrogens is 404 g/mol. The van der Waals surface area contributed by atoms with E-state index in [0.29, 0.717) is 17.1 Å². The van der Waals surface area contributed by atoms with Crippen LogP contribution in [-0.2, 0) is 16.0 Å². The molecule has 0 aliphatic rings. The number of carbonyl (C=O) groups excluding carboxylic acids is 2. The van der Waals surface area contributed by atoms with Gasteiger partial charge >= 0.3 is 17.9 Å². The first-order chi connectivity index (χ1) is 13.3. The Balaban J connectivity index is 2.13. The number of carbonyl (C=O) groups is 3. The molecule has 148 valence electrons. The van der Waals surface area contributed by atoms with Gasteiger partial charge in [0.15, 0.2) is 5.11 Å². The second-order valence-corrected chi connectivity index (χ2v) is 6.98. The van der Waals surface area contributed by atoms with Gasteiger partial charge in [0.25, 0.3) is 0 Å². The van der Waals surface area contributed by atoms with Crippen molar-refractivity contribution >= 4 is 51.6 Å². The number of carboxylic acid groups (broad SMARTS) is 1. The lowest BCUT2D eigenvalue weighted by Gasteiger charge is -2.11. The zero-order chi connectivity index (χ0) is 20.8. The predicted octanol–water partition coefficient (Wildman–Crippen LogP) is 2.81. The third-order valence-corrected chi connectivity index (χ3v) is 5.22. The first kappa shape index (κ1) is 21.3. The molecule has 3 N–H and O–H groups in total. The number of methoxy groups -OCH3 is 2. The maximum Gasteiger partial charge on any atom is 0.348 e. The number of anilines is 1. The molecule has 0 spiro atoms. The normalized spacial score (nSPS) is 10.1. The number of thiophene rings is 1. The minimum atomic E-state index is -0.999. The first-order valence-electron chi connectivity index (χ1n) is 7.95. The summed E-state index contributed by atoms with van der Waals surface area (Å²) in [7, 11) is 2.51. The van der Waals surface area contributed by atoms with Crippen LogP contribution < -0.4 is 10.6 Å². The Morgan fingerprint density at radius 1 is 1.11 bits per heavy atom. The van der Waals surface area contributed by atoms with Crippen LogP contribution in [0.25, 0.3) is 0 Å². The van der Waals surface area contributed by atoms with Crippen LogP contribution in [0.2, 0.25) is 0 Å². The van der Waals surface area contributed by atoms with Crippen molar-refractivity contribution in [2.24, 2.45) is 0 Å². The van der Waals surface area contributed by atoms with Gasteiger partial charge in [-0.25, -0.2) is 14.4 Å². The first-order valence-corrected chi connectivity index (χ1v) is 9.18. The second kappa shape index (κ2) is 9.29. The molecule has 0 aliphatic carbocycles. The van der Waals surface area contributed by atoms with Gasteiger partial charge in [0.05, 0.1) is 25.3 Å². The predicted molar refractivity (Wildman–Crippen MR) is 108 cm³/mol. The molecule has 8 nitrogen and oxygen atoms in total. The van der Waals surface area contributed by atoms with E-state index >= 15 is 0 Å². The van der Waals surface area contributed by atoms with E-state index in [1.54, 1.807) is 19.1 Å². The molecule has 1 aromatic heterocycles. The summed E-state index contributed by atoms with van der Waals surface area (Å²) in [4.78, 5) is 35.2. The van der Waals surface area contributed by atoms with Crippen LogP contribution in [0.4, 0.5) is 5.00 Å². The molecule has 0 fully saturated rings. The molecule has 0 radical (unpaired) electrons. The van der Waals surface area contributed by atoms with Crippen LogP contribution in [0.3, 0.4) is 0 Å². The highest BCUT2D eigenvalue weighted by molar-refractivity contribution is 7.80. The summed E-state index contributed by atoms with van der Waals surface area (Å²) >= 11 is 6.29. The zero-order valence-electron chi connectivity index (χ0n) is 15.3. The lowest BCUT2D eigenvalue weighted by Crippen LogP contribution is -2.28. The van der Waals surface area contributed by atoms with Gasteiger partial charge in [-0.2, -0.15) is 0 Å². The third kappa shape index (κ3) is 4.84. The number of esters is 2. The number of benzene rings is 1. The van der Waals surface area contributed by atoms with E-state index in [0.717, 1.165) is 16.9 Å². The average molecular weight is 422 g/mol. The van der Waals surface area contributed by atoms with Crippen LogP contribution >= 0.6 is 23.6 Å². The van der Waals surface area contributed by atoms with Crippen LogP contribution in [0.5, 0.6) is 0 Å². The second-order valence-electron chi connectivity index (χ2n) is 5.55. The lowest BCUT2D eigenvalue weighted by molar-refractivity contribution is 0.0600. The summed E-state index contributed by atoms with van der Waals surface area (Å²) in [5, 5.41) is 15.4. The Hall–Kier alpha value is -2.98. The Morgan fingerprint density at radius 2 is 1.71 bits per heavy atom. The van der Waals surface area contributed by atoms with E-state index in [-0.39, 0.29) is 21.1 Å². The average Bonchev–Trinajstić information content (AvgIpc) is 3.01. The van der Waals surface area contributed by atoms with Crippen molar-refractivity contribution in [2.75, 3.05) is 19.5 Å². The number of rotatable bonds is 6. The van der Waals surface area contributed by atoms with Gasteiger partial charge in [0.1, 0.15) is 9.88 Å². The fourth-order valence-electron chi connectivity index (χ4n) is 2.33. The van der Waals surface area contributed by atoms with E-state index in [4.69, 9.17) is 26.8 Å².